The van der Waals surface area contributed by atoms with Gasteiger partial charge in [-0.3, -0.25) is 0 Å². The third-order valence-corrected chi connectivity index (χ3v) is 3.39. The summed E-state index contributed by atoms with van der Waals surface area (Å²) in [5, 5.41) is 0. The van der Waals surface area contributed by atoms with Crippen LogP contribution in [0.1, 0.15) is 50.7 Å². The van der Waals surface area contributed by atoms with Crippen LogP contribution in [0.2, 0.25) is 0 Å². The van der Waals surface area contributed by atoms with Gasteiger partial charge in [-0.2, -0.15) is 0 Å². The summed E-state index contributed by atoms with van der Waals surface area (Å²) < 4.78 is 5.39. The lowest BCUT2D eigenvalue weighted by molar-refractivity contribution is 0.408. The van der Waals surface area contributed by atoms with Crippen molar-refractivity contribution >= 4 is 0 Å². The first-order valence-corrected chi connectivity index (χ1v) is 6.84. The zero-order valence-corrected chi connectivity index (χ0v) is 11.8. The summed E-state index contributed by atoms with van der Waals surface area (Å²) in [5.74, 6) is 1.85. The molecule has 0 aliphatic rings. The van der Waals surface area contributed by atoms with Crippen molar-refractivity contribution in [3.05, 3.63) is 29.3 Å². The first-order chi connectivity index (χ1) is 8.21. The van der Waals surface area contributed by atoms with Crippen LogP contribution in [0.15, 0.2) is 18.2 Å². The second kappa shape index (κ2) is 7.37. The van der Waals surface area contributed by atoms with Gasteiger partial charge in [0.25, 0.3) is 0 Å². The van der Waals surface area contributed by atoms with Crippen molar-refractivity contribution in [1.29, 1.82) is 0 Å². The van der Waals surface area contributed by atoms with Gasteiger partial charge in [-0.15, -0.1) is 0 Å². The molecule has 0 N–H and O–H groups in total. The van der Waals surface area contributed by atoms with Gasteiger partial charge < -0.3 is 4.74 Å². The molecular formula is C16H26O. The molecule has 1 aromatic rings. The number of hydrogen-bond acceptors (Lipinski definition) is 1. The Morgan fingerprint density at radius 2 is 1.76 bits per heavy atom. The topological polar surface area (TPSA) is 9.23 Å². The second-order valence-electron chi connectivity index (χ2n) is 4.95. The van der Waals surface area contributed by atoms with Crippen LogP contribution in [-0.4, -0.2) is 7.11 Å². The minimum absolute atomic E-state index is 0.831. The lowest BCUT2D eigenvalue weighted by Crippen LogP contribution is -2.04. The Bertz CT molecular complexity index is 324. The molecule has 0 saturated carbocycles. The molecule has 0 aromatic heterocycles. The van der Waals surface area contributed by atoms with E-state index in [4.69, 9.17) is 4.74 Å². The summed E-state index contributed by atoms with van der Waals surface area (Å²) in [6, 6.07) is 6.62. The fraction of sp³-hybridized carbons (Fsp3) is 0.625. The fourth-order valence-electron chi connectivity index (χ4n) is 2.49. The molecular weight excluding hydrogens is 208 g/mol. The van der Waals surface area contributed by atoms with Gasteiger partial charge in [0.1, 0.15) is 5.75 Å². The number of ether oxygens (including phenoxy) is 1. The summed E-state index contributed by atoms with van der Waals surface area (Å²) in [4.78, 5) is 0. The van der Waals surface area contributed by atoms with Gasteiger partial charge >= 0.3 is 0 Å². The van der Waals surface area contributed by atoms with Crippen LogP contribution in [-0.2, 0) is 6.42 Å². The minimum atomic E-state index is 0.831. The molecule has 0 aliphatic carbocycles. The molecule has 0 heterocycles. The number of benzene rings is 1. The van der Waals surface area contributed by atoms with Crippen molar-refractivity contribution in [3.8, 4) is 5.75 Å². The van der Waals surface area contributed by atoms with Gasteiger partial charge in [0, 0.05) is 0 Å². The molecule has 0 spiro atoms. The van der Waals surface area contributed by atoms with Crippen LogP contribution >= 0.6 is 0 Å². The van der Waals surface area contributed by atoms with Gasteiger partial charge in [-0.1, -0.05) is 51.7 Å². The van der Waals surface area contributed by atoms with E-state index in [0.717, 1.165) is 11.7 Å². The molecule has 0 aliphatic heterocycles. The molecule has 0 fully saturated rings. The van der Waals surface area contributed by atoms with E-state index >= 15 is 0 Å². The monoisotopic (exact) mass is 234 g/mol. The summed E-state index contributed by atoms with van der Waals surface area (Å²) in [7, 11) is 1.75. The molecule has 1 nitrogen and oxygen atoms in total. The Hall–Kier alpha value is -0.980. The number of rotatable bonds is 7. The Labute approximate surface area is 106 Å². The van der Waals surface area contributed by atoms with Gasteiger partial charge in [0.05, 0.1) is 7.11 Å². The van der Waals surface area contributed by atoms with E-state index in [1.165, 1.54) is 43.2 Å². The Balaban J connectivity index is 2.71. The van der Waals surface area contributed by atoms with E-state index in [0.29, 0.717) is 0 Å². The third kappa shape index (κ3) is 4.41. The smallest absolute Gasteiger partial charge is 0.122 e. The highest BCUT2D eigenvalue weighted by molar-refractivity contribution is 5.36. The van der Waals surface area contributed by atoms with Crippen LogP contribution in [0.25, 0.3) is 0 Å². The predicted octanol–water partition coefficient (Wildman–Crippen LogP) is 4.76. The quantitative estimate of drug-likeness (QED) is 0.660. The lowest BCUT2D eigenvalue weighted by atomic mass is 9.91. The standard InChI is InChI=1S/C16H26O/c1-5-7-14(8-6-2)11-15-10-9-13(3)16(12-15)17-4/h9-10,12,14H,5-8,11H2,1-4H3. The Kier molecular flexibility index (Phi) is 6.10. The maximum atomic E-state index is 5.39. The van der Waals surface area contributed by atoms with Crippen molar-refractivity contribution in [3.63, 3.8) is 0 Å². The molecule has 17 heavy (non-hydrogen) atoms. The fourth-order valence-corrected chi connectivity index (χ4v) is 2.49. The average molecular weight is 234 g/mol. The summed E-state index contributed by atoms with van der Waals surface area (Å²) in [6.07, 6.45) is 6.44. The molecule has 1 heteroatoms. The van der Waals surface area contributed by atoms with Gasteiger partial charge in [-0.05, 0) is 36.5 Å². The first-order valence-electron chi connectivity index (χ1n) is 6.84. The van der Waals surface area contributed by atoms with Crippen LogP contribution in [0.3, 0.4) is 0 Å². The van der Waals surface area contributed by atoms with Crippen molar-refractivity contribution < 1.29 is 4.74 Å². The van der Waals surface area contributed by atoms with Crippen LogP contribution in [0.4, 0.5) is 0 Å². The van der Waals surface area contributed by atoms with Crippen LogP contribution < -0.4 is 4.74 Å². The molecule has 0 atom stereocenters. The van der Waals surface area contributed by atoms with Crippen molar-refractivity contribution in [2.75, 3.05) is 7.11 Å². The molecule has 1 aromatic carbocycles. The number of methoxy groups -OCH3 is 1. The number of aryl methyl sites for hydroxylation is 1. The maximum Gasteiger partial charge on any atom is 0.122 e. The van der Waals surface area contributed by atoms with Gasteiger partial charge in [-0.25, -0.2) is 0 Å². The molecule has 0 bridgehead atoms. The highest BCUT2D eigenvalue weighted by Gasteiger charge is 2.09. The summed E-state index contributed by atoms with van der Waals surface area (Å²) in [5.41, 5.74) is 2.64. The van der Waals surface area contributed by atoms with Crippen molar-refractivity contribution in [1.82, 2.24) is 0 Å². The maximum absolute atomic E-state index is 5.39. The minimum Gasteiger partial charge on any atom is -0.496 e. The predicted molar refractivity (Wildman–Crippen MR) is 74.7 cm³/mol. The zero-order valence-electron chi connectivity index (χ0n) is 11.8. The van der Waals surface area contributed by atoms with Gasteiger partial charge in [0.2, 0.25) is 0 Å². The Morgan fingerprint density at radius 3 is 2.29 bits per heavy atom. The SMILES string of the molecule is CCCC(CCC)Cc1ccc(C)c(OC)c1. The molecule has 0 unspecified atom stereocenters. The van der Waals surface area contributed by atoms with Crippen molar-refractivity contribution in [2.24, 2.45) is 5.92 Å². The van der Waals surface area contributed by atoms with Crippen LogP contribution in [0, 0.1) is 12.8 Å². The zero-order chi connectivity index (χ0) is 12.7. The Morgan fingerprint density at radius 1 is 1.12 bits per heavy atom. The molecule has 0 radical (unpaired) electrons. The van der Waals surface area contributed by atoms with E-state index < -0.39 is 0 Å². The highest BCUT2D eigenvalue weighted by atomic mass is 16.5. The average Bonchev–Trinajstić information content (AvgIpc) is 2.32. The summed E-state index contributed by atoms with van der Waals surface area (Å²) >= 11 is 0. The van der Waals surface area contributed by atoms with Crippen molar-refractivity contribution in [2.45, 2.75) is 52.9 Å². The molecule has 0 amide bonds. The van der Waals surface area contributed by atoms with E-state index in [1.807, 2.05) is 0 Å². The van der Waals surface area contributed by atoms with Gasteiger partial charge in [0.15, 0.2) is 0 Å². The highest BCUT2D eigenvalue weighted by Crippen LogP contribution is 2.24. The van der Waals surface area contributed by atoms with E-state index in [2.05, 4.69) is 39.0 Å². The van der Waals surface area contributed by atoms with Crippen LogP contribution in [0.5, 0.6) is 5.75 Å². The third-order valence-electron chi connectivity index (χ3n) is 3.39. The molecule has 1 rings (SSSR count). The van der Waals surface area contributed by atoms with E-state index in [1.54, 1.807) is 7.11 Å². The largest absolute Gasteiger partial charge is 0.496 e. The lowest BCUT2D eigenvalue weighted by Gasteiger charge is -2.16. The summed E-state index contributed by atoms with van der Waals surface area (Å²) in [6.45, 7) is 6.65. The number of hydrogen-bond donors (Lipinski definition) is 0. The molecule has 96 valence electrons. The van der Waals surface area contributed by atoms with E-state index in [9.17, 15) is 0 Å². The normalized spacial score (nSPS) is 10.9. The molecule has 0 saturated heterocycles. The first kappa shape index (κ1) is 14.1. The second-order valence-corrected chi connectivity index (χ2v) is 4.95. The van der Waals surface area contributed by atoms with E-state index in [-0.39, 0.29) is 0 Å².